The molecule has 0 aromatic heterocycles. The van der Waals surface area contributed by atoms with E-state index in [9.17, 15) is 4.79 Å². The van der Waals surface area contributed by atoms with E-state index in [-0.39, 0.29) is 41.7 Å². The minimum absolute atomic E-state index is 0. The second-order valence-corrected chi connectivity index (χ2v) is 5.64. The Morgan fingerprint density at radius 2 is 1.95 bits per heavy atom. The summed E-state index contributed by atoms with van der Waals surface area (Å²) in [7, 11) is 3.36. The number of nitrogens with zero attached hydrogens (tertiary/aromatic N) is 1. The molecular weight excluding hydrogens is 288 g/mol. The van der Waals surface area contributed by atoms with E-state index in [0.717, 1.165) is 6.54 Å². The Labute approximate surface area is 133 Å². The predicted molar refractivity (Wildman–Crippen MR) is 84.6 cm³/mol. The molecule has 7 heteroatoms. The van der Waals surface area contributed by atoms with Crippen molar-refractivity contribution in [3.8, 4) is 0 Å². The van der Waals surface area contributed by atoms with Crippen molar-refractivity contribution in [1.82, 2.24) is 10.2 Å². The van der Waals surface area contributed by atoms with Gasteiger partial charge in [-0.2, -0.15) is 0 Å². The maximum atomic E-state index is 12.0. The van der Waals surface area contributed by atoms with Gasteiger partial charge in [0.1, 0.15) is 0 Å². The van der Waals surface area contributed by atoms with Crippen molar-refractivity contribution in [1.29, 1.82) is 0 Å². The Morgan fingerprint density at radius 1 is 1.32 bits per heavy atom. The van der Waals surface area contributed by atoms with Gasteiger partial charge in [-0.25, -0.2) is 0 Å². The summed E-state index contributed by atoms with van der Waals surface area (Å²) in [6.07, 6.45) is -0.190. The van der Waals surface area contributed by atoms with Crippen LogP contribution in [0.5, 0.6) is 0 Å². The molecule has 0 spiro atoms. The lowest BCUT2D eigenvalue weighted by molar-refractivity contribution is -0.195. The molecule has 1 heterocycles. The molecule has 2 unspecified atom stereocenters. The van der Waals surface area contributed by atoms with E-state index in [0.29, 0.717) is 13.3 Å². The third-order valence-corrected chi connectivity index (χ3v) is 4.21. The quantitative estimate of drug-likeness (QED) is 0.668. The van der Waals surface area contributed by atoms with Gasteiger partial charge in [-0.1, -0.05) is 13.8 Å². The van der Waals surface area contributed by atoms with Crippen LogP contribution in [0.3, 0.4) is 0 Å². The molecule has 5 atom stereocenters. The number of hydrogen-bond donors (Lipinski definition) is 1. The summed E-state index contributed by atoms with van der Waals surface area (Å²) < 4.78 is 17.0. The van der Waals surface area contributed by atoms with Gasteiger partial charge in [0.2, 0.25) is 5.91 Å². The summed E-state index contributed by atoms with van der Waals surface area (Å²) in [5.41, 5.74) is 0. The average Bonchev–Trinajstić information content (AvgIpc) is 2.44. The molecular formula is C15H32N2O5. The molecule has 0 aliphatic carbocycles. The van der Waals surface area contributed by atoms with Gasteiger partial charge in [-0.3, -0.25) is 4.79 Å². The van der Waals surface area contributed by atoms with Crippen LogP contribution in [0.25, 0.3) is 0 Å². The zero-order chi connectivity index (χ0) is 16.0. The first-order chi connectivity index (χ1) is 9.97. The second kappa shape index (κ2) is 10.1. The lowest BCUT2D eigenvalue weighted by atomic mass is 9.86. The fraction of sp³-hybridized carbons (Fsp3) is 0.933. The number of hydrogen-bond acceptors (Lipinski definition) is 5. The van der Waals surface area contributed by atoms with Gasteiger partial charge in [0.25, 0.3) is 0 Å². The van der Waals surface area contributed by atoms with E-state index in [1.54, 1.807) is 21.1 Å². The molecule has 132 valence electrons. The third kappa shape index (κ3) is 4.89. The lowest BCUT2D eigenvalue weighted by Gasteiger charge is -2.48. The molecule has 1 aliphatic heterocycles. The van der Waals surface area contributed by atoms with Crippen molar-refractivity contribution in [2.24, 2.45) is 5.92 Å². The van der Waals surface area contributed by atoms with Crippen LogP contribution in [0.15, 0.2) is 0 Å². The normalized spacial score (nSPS) is 31.5. The first-order valence-electron chi connectivity index (χ1n) is 7.62. The highest BCUT2D eigenvalue weighted by atomic mass is 16.5. The minimum Gasteiger partial charge on any atom is -0.412 e. The number of methoxy groups -OCH3 is 2. The molecule has 3 N–H and O–H groups in total. The maximum absolute atomic E-state index is 12.0. The highest BCUT2D eigenvalue weighted by molar-refractivity contribution is 5.73. The fourth-order valence-corrected chi connectivity index (χ4v) is 3.07. The van der Waals surface area contributed by atoms with Gasteiger partial charge < -0.3 is 29.9 Å². The number of amides is 1. The Bertz CT molecular complexity index is 329. The van der Waals surface area contributed by atoms with E-state index >= 15 is 0 Å². The molecule has 0 bridgehead atoms. The first-order valence-corrected chi connectivity index (χ1v) is 7.62. The molecule has 7 nitrogen and oxygen atoms in total. The molecule has 1 saturated heterocycles. The summed E-state index contributed by atoms with van der Waals surface area (Å²) in [6, 6.07) is -0.102. The van der Waals surface area contributed by atoms with E-state index in [2.05, 4.69) is 12.2 Å². The summed E-state index contributed by atoms with van der Waals surface area (Å²) in [5, 5.41) is 3.21. The number of rotatable bonds is 7. The van der Waals surface area contributed by atoms with Gasteiger partial charge in [-0.15, -0.1) is 0 Å². The molecule has 1 rings (SSSR count). The van der Waals surface area contributed by atoms with Crippen LogP contribution in [0.4, 0.5) is 0 Å². The van der Waals surface area contributed by atoms with E-state index in [1.165, 1.54) is 0 Å². The van der Waals surface area contributed by atoms with E-state index in [1.807, 2.05) is 18.7 Å². The molecule has 0 radical (unpaired) electrons. The van der Waals surface area contributed by atoms with Crippen LogP contribution >= 0.6 is 0 Å². The zero-order valence-electron chi connectivity index (χ0n) is 14.6. The van der Waals surface area contributed by atoms with E-state index in [4.69, 9.17) is 14.2 Å². The van der Waals surface area contributed by atoms with Crippen molar-refractivity contribution in [3.05, 3.63) is 0 Å². The maximum Gasteiger partial charge on any atom is 0.220 e. The standard InChI is InChI=1S/C15H30N2O4.H2O/c1-7-16-9-17(12(4)18)14-11(3)21-13(8-19-5)10(2)15(14)20-6;/h10-11,13-16H,7-9H2,1-6H3;1H2/t10-,11+,13?,14?,15-;/m1./s1. The van der Waals surface area contributed by atoms with Crippen LogP contribution in [0, 0.1) is 5.92 Å². The van der Waals surface area contributed by atoms with Gasteiger partial charge in [-0.05, 0) is 13.5 Å². The predicted octanol–water partition coefficient (Wildman–Crippen LogP) is 0.0306. The highest BCUT2D eigenvalue weighted by Gasteiger charge is 2.45. The van der Waals surface area contributed by atoms with Crippen LogP contribution in [0.1, 0.15) is 27.7 Å². The summed E-state index contributed by atoms with van der Waals surface area (Å²) >= 11 is 0. The van der Waals surface area contributed by atoms with Crippen LogP contribution in [-0.2, 0) is 19.0 Å². The second-order valence-electron chi connectivity index (χ2n) is 5.64. The van der Waals surface area contributed by atoms with Crippen LogP contribution < -0.4 is 5.32 Å². The molecule has 1 aliphatic rings. The van der Waals surface area contributed by atoms with Crippen LogP contribution in [0.2, 0.25) is 0 Å². The molecule has 0 aromatic rings. The Balaban J connectivity index is 0.00000441. The number of nitrogens with one attached hydrogen (secondary N) is 1. The van der Waals surface area contributed by atoms with Gasteiger partial charge in [0.15, 0.2) is 0 Å². The zero-order valence-corrected chi connectivity index (χ0v) is 14.6. The van der Waals surface area contributed by atoms with Crippen molar-refractivity contribution >= 4 is 5.91 Å². The number of ether oxygens (including phenoxy) is 3. The van der Waals surface area contributed by atoms with E-state index < -0.39 is 0 Å². The first kappa shape index (κ1) is 21.3. The lowest BCUT2D eigenvalue weighted by Crippen LogP contribution is -2.63. The van der Waals surface area contributed by atoms with Crippen molar-refractivity contribution in [2.45, 2.75) is 52.0 Å². The Hall–Kier alpha value is -0.730. The Morgan fingerprint density at radius 3 is 2.41 bits per heavy atom. The summed E-state index contributed by atoms with van der Waals surface area (Å²) in [5.74, 6) is 0.176. The van der Waals surface area contributed by atoms with Gasteiger partial charge in [0.05, 0.1) is 37.6 Å². The smallest absolute Gasteiger partial charge is 0.220 e. The van der Waals surface area contributed by atoms with Crippen molar-refractivity contribution in [3.63, 3.8) is 0 Å². The molecule has 1 fully saturated rings. The highest BCUT2D eigenvalue weighted by Crippen LogP contribution is 2.31. The molecule has 0 aromatic carbocycles. The monoisotopic (exact) mass is 320 g/mol. The van der Waals surface area contributed by atoms with Crippen LogP contribution in [-0.4, -0.2) is 74.7 Å². The number of carbonyl (C=O) groups is 1. The fourth-order valence-electron chi connectivity index (χ4n) is 3.07. The number of carbonyl (C=O) groups excluding carboxylic acids is 1. The topological polar surface area (TPSA) is 91.5 Å². The Kier molecular flexibility index (Phi) is 9.79. The largest absolute Gasteiger partial charge is 0.412 e. The molecule has 1 amide bonds. The third-order valence-electron chi connectivity index (χ3n) is 4.21. The van der Waals surface area contributed by atoms with Crippen molar-refractivity contribution in [2.75, 3.05) is 34.0 Å². The average molecular weight is 320 g/mol. The van der Waals surface area contributed by atoms with Gasteiger partial charge in [0, 0.05) is 27.1 Å². The molecule has 22 heavy (non-hydrogen) atoms. The molecule has 0 saturated carbocycles. The SMILES string of the molecule is CCNCN(C(C)=O)C1[C@H](C)OC(COC)[C@@H](C)[C@H]1OC.O. The minimum atomic E-state index is -0.103. The summed E-state index contributed by atoms with van der Waals surface area (Å²) in [4.78, 5) is 13.8. The van der Waals surface area contributed by atoms with Gasteiger partial charge >= 0.3 is 0 Å². The summed E-state index contributed by atoms with van der Waals surface area (Å²) in [6.45, 7) is 9.53. The van der Waals surface area contributed by atoms with Crippen molar-refractivity contribution < 1.29 is 24.5 Å².